The first-order chi connectivity index (χ1) is 8.97. The summed E-state index contributed by atoms with van der Waals surface area (Å²) in [7, 11) is 0. The standard InChI is InChI=1S/C13H7Cl4NO/c14-7-1-3-9(11(16)5-7)13(19)18-8-2-4-10(15)12(17)6-8/h1-6H,(H,18,19). The lowest BCUT2D eigenvalue weighted by atomic mass is 10.2. The normalized spacial score (nSPS) is 10.3. The summed E-state index contributed by atoms with van der Waals surface area (Å²) in [5.41, 5.74) is 0.863. The predicted molar refractivity (Wildman–Crippen MR) is 80.9 cm³/mol. The molecule has 0 radical (unpaired) electrons. The van der Waals surface area contributed by atoms with Crippen molar-refractivity contribution in [1.82, 2.24) is 0 Å². The van der Waals surface area contributed by atoms with Crippen LogP contribution in [-0.4, -0.2) is 5.91 Å². The van der Waals surface area contributed by atoms with Gasteiger partial charge in [-0.3, -0.25) is 4.79 Å². The zero-order valence-corrected chi connectivity index (χ0v) is 12.4. The van der Waals surface area contributed by atoms with Crippen LogP contribution in [0.25, 0.3) is 0 Å². The van der Waals surface area contributed by atoms with Crippen molar-refractivity contribution < 1.29 is 4.79 Å². The molecule has 0 fully saturated rings. The summed E-state index contributed by atoms with van der Waals surface area (Å²) in [4.78, 5) is 12.0. The van der Waals surface area contributed by atoms with E-state index in [0.717, 1.165) is 0 Å². The van der Waals surface area contributed by atoms with Crippen LogP contribution < -0.4 is 5.32 Å². The molecule has 2 nitrogen and oxygen atoms in total. The maximum absolute atomic E-state index is 12.0. The Morgan fingerprint density at radius 3 is 2.21 bits per heavy atom. The zero-order valence-electron chi connectivity index (χ0n) is 9.38. The SMILES string of the molecule is O=C(Nc1ccc(Cl)c(Cl)c1)c1ccc(Cl)cc1Cl. The van der Waals surface area contributed by atoms with Gasteiger partial charge in [0, 0.05) is 10.7 Å². The third-order valence-electron chi connectivity index (χ3n) is 2.35. The van der Waals surface area contributed by atoms with Crippen LogP contribution in [0.3, 0.4) is 0 Å². The van der Waals surface area contributed by atoms with Gasteiger partial charge >= 0.3 is 0 Å². The molecule has 2 aromatic carbocycles. The first kappa shape index (κ1) is 14.5. The number of rotatable bonds is 2. The molecule has 6 heteroatoms. The molecule has 1 N–H and O–H groups in total. The van der Waals surface area contributed by atoms with Crippen molar-refractivity contribution in [2.75, 3.05) is 5.32 Å². The quantitative estimate of drug-likeness (QED) is 0.766. The van der Waals surface area contributed by atoms with Crippen molar-refractivity contribution in [3.05, 3.63) is 62.1 Å². The van der Waals surface area contributed by atoms with Gasteiger partial charge in [-0.05, 0) is 36.4 Å². The molecule has 0 unspecified atom stereocenters. The summed E-state index contributed by atoms with van der Waals surface area (Å²) in [6.45, 7) is 0. The van der Waals surface area contributed by atoms with Gasteiger partial charge in [-0.2, -0.15) is 0 Å². The van der Waals surface area contributed by atoms with Crippen molar-refractivity contribution >= 4 is 58.0 Å². The second kappa shape index (κ2) is 6.02. The molecular weight excluding hydrogens is 328 g/mol. The first-order valence-corrected chi connectivity index (χ1v) is 6.70. The molecule has 0 aliphatic carbocycles. The Morgan fingerprint density at radius 1 is 0.842 bits per heavy atom. The number of carbonyl (C=O) groups is 1. The Labute approximate surface area is 130 Å². The third-order valence-corrected chi connectivity index (χ3v) is 3.64. The minimum Gasteiger partial charge on any atom is -0.322 e. The fourth-order valence-electron chi connectivity index (χ4n) is 1.45. The first-order valence-electron chi connectivity index (χ1n) is 5.19. The highest BCUT2D eigenvalue weighted by Crippen LogP contribution is 2.26. The zero-order chi connectivity index (χ0) is 14.0. The smallest absolute Gasteiger partial charge is 0.257 e. The molecule has 0 aliphatic rings. The average Bonchev–Trinajstić information content (AvgIpc) is 2.33. The molecule has 0 saturated carbocycles. The monoisotopic (exact) mass is 333 g/mol. The van der Waals surface area contributed by atoms with Crippen molar-refractivity contribution in [3.63, 3.8) is 0 Å². The minimum absolute atomic E-state index is 0.282. The summed E-state index contributed by atoms with van der Waals surface area (Å²) < 4.78 is 0. The largest absolute Gasteiger partial charge is 0.322 e. The molecule has 0 aliphatic heterocycles. The Balaban J connectivity index is 2.23. The number of benzene rings is 2. The van der Waals surface area contributed by atoms with Gasteiger partial charge in [0.15, 0.2) is 0 Å². The highest BCUT2D eigenvalue weighted by molar-refractivity contribution is 6.42. The van der Waals surface area contributed by atoms with Gasteiger partial charge in [-0.15, -0.1) is 0 Å². The molecule has 98 valence electrons. The number of nitrogens with one attached hydrogen (secondary N) is 1. The van der Waals surface area contributed by atoms with Crippen LogP contribution in [0.15, 0.2) is 36.4 Å². The average molecular weight is 335 g/mol. The van der Waals surface area contributed by atoms with E-state index in [9.17, 15) is 4.79 Å². The Morgan fingerprint density at radius 2 is 1.58 bits per heavy atom. The fraction of sp³-hybridized carbons (Fsp3) is 0. The van der Waals surface area contributed by atoms with E-state index in [4.69, 9.17) is 46.4 Å². The highest BCUT2D eigenvalue weighted by atomic mass is 35.5. The molecule has 0 bridgehead atoms. The number of halogens is 4. The van der Waals surface area contributed by atoms with Crippen LogP contribution in [0.2, 0.25) is 20.1 Å². The van der Waals surface area contributed by atoms with Crippen LogP contribution in [0.5, 0.6) is 0 Å². The van der Waals surface area contributed by atoms with E-state index in [1.54, 1.807) is 30.3 Å². The summed E-state index contributed by atoms with van der Waals surface area (Å²) in [6, 6.07) is 9.46. The van der Waals surface area contributed by atoms with Crippen LogP contribution >= 0.6 is 46.4 Å². The number of hydrogen-bond donors (Lipinski definition) is 1. The van der Waals surface area contributed by atoms with Gasteiger partial charge in [0.05, 0.1) is 20.6 Å². The lowest BCUT2D eigenvalue weighted by Crippen LogP contribution is -2.12. The molecular formula is C13H7Cl4NO. The Hall–Kier alpha value is -0.930. The predicted octanol–water partition coefficient (Wildman–Crippen LogP) is 5.55. The molecule has 19 heavy (non-hydrogen) atoms. The van der Waals surface area contributed by atoms with E-state index in [2.05, 4.69) is 5.32 Å². The molecule has 2 rings (SSSR count). The molecule has 0 heterocycles. The van der Waals surface area contributed by atoms with E-state index in [0.29, 0.717) is 26.3 Å². The van der Waals surface area contributed by atoms with Crippen LogP contribution in [0, 0.1) is 0 Å². The van der Waals surface area contributed by atoms with Crippen LogP contribution in [-0.2, 0) is 0 Å². The van der Waals surface area contributed by atoms with Gasteiger partial charge in [-0.1, -0.05) is 46.4 Å². The van der Waals surface area contributed by atoms with E-state index in [1.807, 2.05) is 0 Å². The van der Waals surface area contributed by atoms with E-state index in [-0.39, 0.29) is 10.9 Å². The molecule has 0 atom stereocenters. The maximum Gasteiger partial charge on any atom is 0.257 e. The second-order valence-electron chi connectivity index (χ2n) is 3.71. The Bertz CT molecular complexity index is 643. The minimum atomic E-state index is -0.347. The van der Waals surface area contributed by atoms with Crippen LogP contribution in [0.1, 0.15) is 10.4 Å². The Kier molecular flexibility index (Phi) is 4.58. The number of anilines is 1. The summed E-state index contributed by atoms with van der Waals surface area (Å²) in [6.07, 6.45) is 0. The lowest BCUT2D eigenvalue weighted by molar-refractivity contribution is 0.102. The molecule has 2 aromatic rings. The van der Waals surface area contributed by atoms with Crippen molar-refractivity contribution in [2.45, 2.75) is 0 Å². The molecule has 1 amide bonds. The third kappa shape index (κ3) is 3.54. The van der Waals surface area contributed by atoms with Crippen LogP contribution in [0.4, 0.5) is 5.69 Å². The van der Waals surface area contributed by atoms with E-state index >= 15 is 0 Å². The summed E-state index contributed by atoms with van der Waals surface area (Å²) in [5.74, 6) is -0.347. The van der Waals surface area contributed by atoms with Gasteiger partial charge in [-0.25, -0.2) is 0 Å². The maximum atomic E-state index is 12.0. The number of hydrogen-bond acceptors (Lipinski definition) is 1. The lowest BCUT2D eigenvalue weighted by Gasteiger charge is -2.08. The second-order valence-corrected chi connectivity index (χ2v) is 5.37. The number of carbonyl (C=O) groups excluding carboxylic acids is 1. The van der Waals surface area contributed by atoms with Gasteiger partial charge in [0.2, 0.25) is 0 Å². The molecule has 0 spiro atoms. The van der Waals surface area contributed by atoms with Crippen molar-refractivity contribution in [1.29, 1.82) is 0 Å². The summed E-state index contributed by atoms with van der Waals surface area (Å²) in [5, 5.41) is 4.21. The molecule has 0 aromatic heterocycles. The number of amides is 1. The van der Waals surface area contributed by atoms with E-state index < -0.39 is 0 Å². The fourth-order valence-corrected chi connectivity index (χ4v) is 2.24. The van der Waals surface area contributed by atoms with Gasteiger partial charge in [0.25, 0.3) is 5.91 Å². The molecule has 0 saturated heterocycles. The van der Waals surface area contributed by atoms with E-state index in [1.165, 1.54) is 6.07 Å². The topological polar surface area (TPSA) is 29.1 Å². The van der Waals surface area contributed by atoms with Gasteiger partial charge in [0.1, 0.15) is 0 Å². The van der Waals surface area contributed by atoms with Gasteiger partial charge < -0.3 is 5.32 Å². The summed E-state index contributed by atoms with van der Waals surface area (Å²) >= 11 is 23.4. The highest BCUT2D eigenvalue weighted by Gasteiger charge is 2.11. The van der Waals surface area contributed by atoms with Crippen molar-refractivity contribution in [3.8, 4) is 0 Å². The van der Waals surface area contributed by atoms with Crippen molar-refractivity contribution in [2.24, 2.45) is 0 Å².